The number of likely N-dealkylation sites (tertiary alicyclic amines) is 1. The van der Waals surface area contributed by atoms with Crippen molar-refractivity contribution in [3.05, 3.63) is 23.8 Å². The number of rotatable bonds is 6. The van der Waals surface area contributed by atoms with Crippen LogP contribution in [-0.4, -0.2) is 46.3 Å². The summed E-state index contributed by atoms with van der Waals surface area (Å²) in [5.41, 5.74) is 1.13. The predicted octanol–water partition coefficient (Wildman–Crippen LogP) is 1.94. The molecule has 126 valence electrons. The van der Waals surface area contributed by atoms with Crippen molar-refractivity contribution in [3.63, 3.8) is 0 Å². The van der Waals surface area contributed by atoms with Gasteiger partial charge < -0.3 is 10.2 Å². The Balaban J connectivity index is 1.88. The van der Waals surface area contributed by atoms with Crippen molar-refractivity contribution < 1.29 is 9.59 Å². The van der Waals surface area contributed by atoms with Crippen LogP contribution in [0, 0.1) is 12.8 Å². The van der Waals surface area contributed by atoms with E-state index in [-0.39, 0.29) is 17.7 Å². The van der Waals surface area contributed by atoms with Gasteiger partial charge in [-0.15, -0.1) is 0 Å². The topological polar surface area (TPSA) is 75.2 Å². The zero-order valence-electron chi connectivity index (χ0n) is 14.0. The first kappa shape index (κ1) is 17.4. The molecule has 0 saturated carbocycles. The molecular weight excluding hydrogens is 292 g/mol. The second-order valence-electron chi connectivity index (χ2n) is 6.13. The molecule has 2 rings (SSSR count). The SMILES string of the molecule is CCCCCNC(=O)[C@H]1CCCN(C(=O)c2cnc(C)cn2)C1. The van der Waals surface area contributed by atoms with E-state index >= 15 is 0 Å². The number of hydrogen-bond donors (Lipinski definition) is 1. The third-order valence-electron chi connectivity index (χ3n) is 4.16. The number of carbonyl (C=O) groups is 2. The Labute approximate surface area is 137 Å². The average Bonchev–Trinajstić information content (AvgIpc) is 2.59. The number of unbranched alkanes of at least 4 members (excludes halogenated alkanes) is 2. The van der Waals surface area contributed by atoms with E-state index in [1.54, 1.807) is 11.1 Å². The first-order valence-corrected chi connectivity index (χ1v) is 8.47. The lowest BCUT2D eigenvalue weighted by molar-refractivity contribution is -0.126. The maximum Gasteiger partial charge on any atom is 0.274 e. The van der Waals surface area contributed by atoms with Crippen LogP contribution in [0.5, 0.6) is 0 Å². The van der Waals surface area contributed by atoms with Gasteiger partial charge in [-0.1, -0.05) is 19.8 Å². The van der Waals surface area contributed by atoms with Crippen molar-refractivity contribution in [3.8, 4) is 0 Å². The Bertz CT molecular complexity index is 530. The molecule has 0 aliphatic carbocycles. The lowest BCUT2D eigenvalue weighted by Crippen LogP contribution is -2.45. The highest BCUT2D eigenvalue weighted by molar-refractivity contribution is 5.92. The molecule has 1 aliphatic heterocycles. The Morgan fingerprint density at radius 2 is 2.13 bits per heavy atom. The molecule has 6 nitrogen and oxygen atoms in total. The summed E-state index contributed by atoms with van der Waals surface area (Å²) in [6, 6.07) is 0. The summed E-state index contributed by atoms with van der Waals surface area (Å²) in [5.74, 6) is -0.192. The van der Waals surface area contributed by atoms with E-state index in [0.717, 1.165) is 44.3 Å². The van der Waals surface area contributed by atoms with Crippen LogP contribution in [0.1, 0.15) is 55.2 Å². The van der Waals surface area contributed by atoms with E-state index in [1.165, 1.54) is 6.20 Å². The average molecular weight is 318 g/mol. The van der Waals surface area contributed by atoms with Gasteiger partial charge >= 0.3 is 0 Å². The summed E-state index contributed by atoms with van der Waals surface area (Å²) < 4.78 is 0. The second-order valence-corrected chi connectivity index (χ2v) is 6.13. The molecule has 1 fully saturated rings. The molecule has 2 amide bonds. The van der Waals surface area contributed by atoms with Gasteiger partial charge in [-0.2, -0.15) is 0 Å². The Morgan fingerprint density at radius 3 is 2.83 bits per heavy atom. The van der Waals surface area contributed by atoms with Crippen molar-refractivity contribution in [2.45, 2.75) is 46.0 Å². The number of aryl methyl sites for hydroxylation is 1. The third-order valence-corrected chi connectivity index (χ3v) is 4.16. The number of aromatic nitrogens is 2. The summed E-state index contributed by atoms with van der Waals surface area (Å²) in [4.78, 5) is 34.7. The largest absolute Gasteiger partial charge is 0.356 e. The van der Waals surface area contributed by atoms with Gasteiger partial charge in [0.05, 0.1) is 17.8 Å². The van der Waals surface area contributed by atoms with E-state index in [0.29, 0.717) is 18.8 Å². The number of nitrogens with one attached hydrogen (secondary N) is 1. The summed E-state index contributed by atoms with van der Waals surface area (Å²) in [5, 5.41) is 2.99. The fourth-order valence-corrected chi connectivity index (χ4v) is 2.77. The van der Waals surface area contributed by atoms with Gasteiger partial charge in [0, 0.05) is 25.8 Å². The molecular formula is C17H26N4O2. The maximum atomic E-state index is 12.5. The first-order valence-electron chi connectivity index (χ1n) is 8.47. The van der Waals surface area contributed by atoms with E-state index in [2.05, 4.69) is 22.2 Å². The smallest absolute Gasteiger partial charge is 0.274 e. The number of nitrogens with zero attached hydrogens (tertiary/aromatic N) is 3. The minimum atomic E-state index is -0.138. The zero-order chi connectivity index (χ0) is 16.7. The number of amides is 2. The third kappa shape index (κ3) is 5.01. The fourth-order valence-electron chi connectivity index (χ4n) is 2.77. The molecule has 1 N–H and O–H groups in total. The predicted molar refractivity (Wildman–Crippen MR) is 87.9 cm³/mol. The maximum absolute atomic E-state index is 12.5. The molecule has 1 aliphatic rings. The van der Waals surface area contributed by atoms with Gasteiger partial charge in [-0.05, 0) is 26.2 Å². The molecule has 23 heavy (non-hydrogen) atoms. The summed E-state index contributed by atoms with van der Waals surface area (Å²) >= 11 is 0. The van der Waals surface area contributed by atoms with Crippen LogP contribution in [0.2, 0.25) is 0 Å². The summed E-state index contributed by atoms with van der Waals surface area (Å²) in [6.45, 7) is 5.84. The summed E-state index contributed by atoms with van der Waals surface area (Å²) in [7, 11) is 0. The highest BCUT2D eigenvalue weighted by atomic mass is 16.2. The van der Waals surface area contributed by atoms with Gasteiger partial charge in [0.25, 0.3) is 5.91 Å². The van der Waals surface area contributed by atoms with Crippen LogP contribution in [0.4, 0.5) is 0 Å². The number of carbonyl (C=O) groups excluding carboxylic acids is 2. The molecule has 1 aromatic heterocycles. The van der Waals surface area contributed by atoms with Crippen molar-refractivity contribution >= 4 is 11.8 Å². The standard InChI is InChI=1S/C17H26N4O2/c1-3-4-5-8-18-16(22)14-7-6-9-21(12-14)17(23)15-11-19-13(2)10-20-15/h10-11,14H,3-9,12H2,1-2H3,(H,18,22)/t14-/m0/s1. The highest BCUT2D eigenvalue weighted by Gasteiger charge is 2.29. The first-order chi connectivity index (χ1) is 11.1. The van der Waals surface area contributed by atoms with E-state index in [1.807, 2.05) is 6.92 Å². The zero-order valence-corrected chi connectivity index (χ0v) is 14.0. The minimum absolute atomic E-state index is 0.0635. The molecule has 1 aromatic rings. The molecule has 0 unspecified atom stereocenters. The second kappa shape index (κ2) is 8.60. The normalized spacial score (nSPS) is 17.8. The van der Waals surface area contributed by atoms with E-state index in [4.69, 9.17) is 0 Å². The number of piperidine rings is 1. The molecule has 1 saturated heterocycles. The van der Waals surface area contributed by atoms with E-state index in [9.17, 15) is 9.59 Å². The van der Waals surface area contributed by atoms with Crippen LogP contribution in [0.15, 0.2) is 12.4 Å². The Hall–Kier alpha value is -1.98. The summed E-state index contributed by atoms with van der Waals surface area (Å²) in [6.07, 6.45) is 8.06. The molecule has 0 spiro atoms. The van der Waals surface area contributed by atoms with Gasteiger partial charge in [-0.25, -0.2) is 4.98 Å². The van der Waals surface area contributed by atoms with Crippen molar-refractivity contribution in [2.24, 2.45) is 5.92 Å². The molecule has 0 bridgehead atoms. The fraction of sp³-hybridized carbons (Fsp3) is 0.647. The lowest BCUT2D eigenvalue weighted by Gasteiger charge is -2.31. The van der Waals surface area contributed by atoms with Crippen molar-refractivity contribution in [1.82, 2.24) is 20.2 Å². The molecule has 1 atom stereocenters. The van der Waals surface area contributed by atoms with Crippen LogP contribution >= 0.6 is 0 Å². The van der Waals surface area contributed by atoms with Crippen LogP contribution in [-0.2, 0) is 4.79 Å². The van der Waals surface area contributed by atoms with Gasteiger partial charge in [-0.3, -0.25) is 14.6 Å². The lowest BCUT2D eigenvalue weighted by atomic mass is 9.97. The quantitative estimate of drug-likeness (QED) is 0.813. The molecule has 0 aromatic carbocycles. The Morgan fingerprint density at radius 1 is 1.30 bits per heavy atom. The Kier molecular flexibility index (Phi) is 6.50. The van der Waals surface area contributed by atoms with Gasteiger partial charge in [0.2, 0.25) is 5.91 Å². The highest BCUT2D eigenvalue weighted by Crippen LogP contribution is 2.18. The van der Waals surface area contributed by atoms with Gasteiger partial charge in [0.1, 0.15) is 5.69 Å². The van der Waals surface area contributed by atoms with Gasteiger partial charge in [0.15, 0.2) is 0 Å². The van der Waals surface area contributed by atoms with E-state index < -0.39 is 0 Å². The molecule has 2 heterocycles. The monoisotopic (exact) mass is 318 g/mol. The van der Waals surface area contributed by atoms with Crippen LogP contribution in [0.25, 0.3) is 0 Å². The molecule has 6 heteroatoms. The molecule has 0 radical (unpaired) electrons. The van der Waals surface area contributed by atoms with Crippen molar-refractivity contribution in [2.75, 3.05) is 19.6 Å². The minimum Gasteiger partial charge on any atom is -0.356 e. The van der Waals surface area contributed by atoms with Crippen LogP contribution < -0.4 is 5.32 Å². The number of hydrogen-bond acceptors (Lipinski definition) is 4. The van der Waals surface area contributed by atoms with Crippen LogP contribution in [0.3, 0.4) is 0 Å². The van der Waals surface area contributed by atoms with Crippen molar-refractivity contribution in [1.29, 1.82) is 0 Å².